The first-order valence-electron chi connectivity index (χ1n) is 10.9. The van der Waals surface area contributed by atoms with E-state index in [4.69, 9.17) is 4.98 Å². The summed E-state index contributed by atoms with van der Waals surface area (Å²) in [5.41, 5.74) is 4.37. The van der Waals surface area contributed by atoms with Crippen LogP contribution >= 0.6 is 11.3 Å². The Kier molecular flexibility index (Phi) is 6.21. The fourth-order valence-corrected chi connectivity index (χ4v) is 5.45. The lowest BCUT2D eigenvalue weighted by Gasteiger charge is -2.35. The zero-order valence-corrected chi connectivity index (χ0v) is 19.1. The van der Waals surface area contributed by atoms with E-state index in [0.717, 1.165) is 42.7 Å². The van der Waals surface area contributed by atoms with Gasteiger partial charge in [-0.25, -0.2) is 4.98 Å². The van der Waals surface area contributed by atoms with E-state index in [9.17, 15) is 4.79 Å². The largest absolute Gasteiger partial charge is 0.324 e. The maximum atomic E-state index is 13.2. The molecule has 0 saturated carbocycles. The van der Waals surface area contributed by atoms with Crippen LogP contribution in [0.1, 0.15) is 61.6 Å². The second-order valence-electron chi connectivity index (χ2n) is 8.71. The van der Waals surface area contributed by atoms with E-state index in [2.05, 4.69) is 67.4 Å². The van der Waals surface area contributed by atoms with Crippen LogP contribution in [-0.4, -0.2) is 34.9 Å². The van der Waals surface area contributed by atoms with Crippen molar-refractivity contribution in [2.75, 3.05) is 18.4 Å². The van der Waals surface area contributed by atoms with Gasteiger partial charge in [-0.15, -0.1) is 11.3 Å². The highest BCUT2D eigenvalue weighted by Crippen LogP contribution is 2.34. The monoisotopic (exact) mass is 421 g/mol. The van der Waals surface area contributed by atoms with Crippen LogP contribution in [0.4, 0.5) is 5.69 Å². The summed E-state index contributed by atoms with van der Waals surface area (Å²) in [6, 6.07) is 14.4. The van der Waals surface area contributed by atoms with Crippen molar-refractivity contribution in [2.45, 2.75) is 58.4 Å². The molecule has 1 amide bonds. The number of para-hydroxylation sites is 2. The van der Waals surface area contributed by atoms with E-state index in [-0.39, 0.29) is 11.9 Å². The van der Waals surface area contributed by atoms with E-state index in [1.165, 1.54) is 15.3 Å². The number of hydrogen-bond donors (Lipinski definition) is 1. The minimum Gasteiger partial charge on any atom is -0.324 e. The molecule has 2 heterocycles. The molecule has 4 rings (SSSR count). The van der Waals surface area contributed by atoms with Gasteiger partial charge < -0.3 is 5.32 Å². The smallest absolute Gasteiger partial charge is 0.241 e. The van der Waals surface area contributed by atoms with Gasteiger partial charge >= 0.3 is 0 Å². The zero-order chi connectivity index (χ0) is 21.3. The minimum atomic E-state index is -0.165. The lowest BCUT2D eigenvalue weighted by atomic mass is 9.96. The van der Waals surface area contributed by atoms with Crippen LogP contribution in [0.15, 0.2) is 42.5 Å². The first kappa shape index (κ1) is 21.0. The molecule has 158 valence electrons. The third kappa shape index (κ3) is 4.28. The molecule has 1 aliphatic rings. The van der Waals surface area contributed by atoms with Gasteiger partial charge in [0.15, 0.2) is 0 Å². The first-order valence-corrected chi connectivity index (χ1v) is 11.8. The number of aromatic nitrogens is 1. The summed E-state index contributed by atoms with van der Waals surface area (Å²) in [6.45, 7) is 10.3. The molecule has 1 fully saturated rings. The molecule has 4 nitrogen and oxygen atoms in total. The summed E-state index contributed by atoms with van der Waals surface area (Å²) >= 11 is 1.80. The third-order valence-corrected chi connectivity index (χ3v) is 7.41. The van der Waals surface area contributed by atoms with Gasteiger partial charge in [0.2, 0.25) is 5.91 Å². The molecule has 1 N–H and O–H groups in total. The number of carbonyl (C=O) groups excluding carboxylic acids is 1. The van der Waals surface area contributed by atoms with Crippen LogP contribution < -0.4 is 5.32 Å². The van der Waals surface area contributed by atoms with Gasteiger partial charge in [-0.2, -0.15) is 0 Å². The van der Waals surface area contributed by atoms with E-state index in [1.54, 1.807) is 11.3 Å². The highest BCUT2D eigenvalue weighted by Gasteiger charge is 2.30. The first-order chi connectivity index (χ1) is 14.4. The number of amides is 1. The fourth-order valence-electron chi connectivity index (χ4n) is 4.36. The van der Waals surface area contributed by atoms with Crippen molar-refractivity contribution in [1.29, 1.82) is 0 Å². The average Bonchev–Trinajstić information content (AvgIpc) is 3.19. The van der Waals surface area contributed by atoms with Crippen molar-refractivity contribution in [1.82, 2.24) is 9.88 Å². The number of rotatable bonds is 5. The lowest BCUT2D eigenvalue weighted by Crippen LogP contribution is -2.46. The fraction of sp³-hybridized carbons (Fsp3) is 0.440. The number of piperidine rings is 1. The SMILES string of the molecule is Cc1cccc(C(C)C)c1NC(=O)[C@H](C)N1CCC[C@H](c2nc3ccccc3s2)C1. The average molecular weight is 422 g/mol. The Morgan fingerprint density at radius 2 is 1.97 bits per heavy atom. The Balaban J connectivity index is 1.48. The van der Waals surface area contributed by atoms with Crippen molar-refractivity contribution in [3.8, 4) is 0 Å². The normalized spacial score (nSPS) is 18.6. The highest BCUT2D eigenvalue weighted by molar-refractivity contribution is 7.18. The summed E-state index contributed by atoms with van der Waals surface area (Å²) in [5, 5.41) is 4.44. The summed E-state index contributed by atoms with van der Waals surface area (Å²) in [4.78, 5) is 20.4. The molecule has 1 aromatic heterocycles. The molecular formula is C25H31N3OS. The number of thiazole rings is 1. The lowest BCUT2D eigenvalue weighted by molar-refractivity contribution is -0.121. The minimum absolute atomic E-state index is 0.0798. The Morgan fingerprint density at radius 1 is 1.17 bits per heavy atom. The van der Waals surface area contributed by atoms with Crippen molar-refractivity contribution in [3.05, 3.63) is 58.6 Å². The number of carbonyl (C=O) groups is 1. The number of benzene rings is 2. The molecule has 0 radical (unpaired) electrons. The Bertz CT molecular complexity index is 1010. The number of aryl methyl sites for hydroxylation is 1. The molecule has 3 aromatic rings. The van der Waals surface area contributed by atoms with Gasteiger partial charge in [0.1, 0.15) is 0 Å². The van der Waals surface area contributed by atoms with Gasteiger partial charge in [0, 0.05) is 18.2 Å². The topological polar surface area (TPSA) is 45.2 Å². The van der Waals surface area contributed by atoms with E-state index < -0.39 is 0 Å². The van der Waals surface area contributed by atoms with Crippen LogP contribution in [-0.2, 0) is 4.79 Å². The third-order valence-electron chi connectivity index (χ3n) is 6.21. The van der Waals surface area contributed by atoms with E-state index >= 15 is 0 Å². The summed E-state index contributed by atoms with van der Waals surface area (Å²) in [6.07, 6.45) is 2.24. The number of hydrogen-bond acceptors (Lipinski definition) is 4. The van der Waals surface area contributed by atoms with Crippen LogP contribution in [0.25, 0.3) is 10.2 Å². The number of anilines is 1. The molecule has 2 atom stereocenters. The van der Waals surface area contributed by atoms with Gasteiger partial charge in [-0.1, -0.05) is 44.2 Å². The molecule has 0 bridgehead atoms. The number of nitrogens with one attached hydrogen (secondary N) is 1. The Labute approximate surface area is 183 Å². The highest BCUT2D eigenvalue weighted by atomic mass is 32.1. The molecule has 0 unspecified atom stereocenters. The molecule has 30 heavy (non-hydrogen) atoms. The maximum absolute atomic E-state index is 13.2. The van der Waals surface area contributed by atoms with Gasteiger partial charge in [0.05, 0.1) is 21.3 Å². The van der Waals surface area contributed by atoms with Crippen molar-refractivity contribution < 1.29 is 4.79 Å². The van der Waals surface area contributed by atoms with E-state index in [1.807, 2.05) is 13.0 Å². The molecule has 2 aromatic carbocycles. The number of fused-ring (bicyclic) bond motifs is 1. The van der Waals surface area contributed by atoms with Crippen molar-refractivity contribution in [2.24, 2.45) is 0 Å². The standard InChI is InChI=1S/C25H31N3OS/c1-16(2)20-11-7-9-17(3)23(20)27-24(29)18(4)28-14-8-10-19(15-28)25-26-21-12-5-6-13-22(21)30-25/h5-7,9,11-13,16,18-19H,8,10,14-15H2,1-4H3,(H,27,29)/t18-,19-/m0/s1. The summed E-state index contributed by atoms with van der Waals surface area (Å²) in [7, 11) is 0. The number of nitrogens with zero attached hydrogens (tertiary/aromatic N) is 2. The van der Waals surface area contributed by atoms with Gasteiger partial charge in [0.25, 0.3) is 0 Å². The van der Waals surface area contributed by atoms with Gasteiger partial charge in [-0.3, -0.25) is 9.69 Å². The van der Waals surface area contributed by atoms with Crippen molar-refractivity contribution >= 4 is 33.1 Å². The predicted octanol–water partition coefficient (Wildman–Crippen LogP) is 5.93. The molecule has 5 heteroatoms. The van der Waals surface area contributed by atoms with Crippen LogP contribution in [0.5, 0.6) is 0 Å². The van der Waals surface area contributed by atoms with Crippen LogP contribution in [0.2, 0.25) is 0 Å². The second-order valence-corrected chi connectivity index (χ2v) is 9.78. The van der Waals surface area contributed by atoms with Crippen molar-refractivity contribution in [3.63, 3.8) is 0 Å². The summed E-state index contributed by atoms with van der Waals surface area (Å²) in [5.74, 6) is 0.848. The Morgan fingerprint density at radius 3 is 2.73 bits per heavy atom. The molecule has 0 spiro atoms. The predicted molar refractivity (Wildman–Crippen MR) is 127 cm³/mol. The van der Waals surface area contributed by atoms with Crippen LogP contribution in [0.3, 0.4) is 0 Å². The van der Waals surface area contributed by atoms with Gasteiger partial charge in [-0.05, 0) is 62.4 Å². The quantitative estimate of drug-likeness (QED) is 0.555. The summed E-state index contributed by atoms with van der Waals surface area (Å²) < 4.78 is 1.25. The molecule has 0 aliphatic carbocycles. The number of likely N-dealkylation sites (tertiary alicyclic amines) is 1. The Hall–Kier alpha value is -2.24. The van der Waals surface area contributed by atoms with Crippen LogP contribution in [0, 0.1) is 6.92 Å². The maximum Gasteiger partial charge on any atom is 0.241 e. The molecule has 1 saturated heterocycles. The second kappa shape index (κ2) is 8.86. The van der Waals surface area contributed by atoms with E-state index in [0.29, 0.717) is 11.8 Å². The zero-order valence-electron chi connectivity index (χ0n) is 18.3. The molecular weight excluding hydrogens is 390 g/mol. The molecule has 1 aliphatic heterocycles.